The van der Waals surface area contributed by atoms with Crippen LogP contribution in [-0.2, 0) is 19.6 Å². The van der Waals surface area contributed by atoms with Gasteiger partial charge in [0, 0.05) is 43.6 Å². The van der Waals surface area contributed by atoms with Crippen LogP contribution >= 0.6 is 0 Å². The fraction of sp³-hybridized carbons (Fsp3) is 0.348. The Labute approximate surface area is 178 Å². The summed E-state index contributed by atoms with van der Waals surface area (Å²) in [5, 5.41) is 4.06. The fourth-order valence-corrected chi connectivity index (χ4v) is 4.03. The van der Waals surface area contributed by atoms with Crippen LogP contribution in [0.1, 0.15) is 50.8 Å². The number of rotatable bonds is 4. The van der Waals surface area contributed by atoms with Gasteiger partial charge in [-0.2, -0.15) is 18.3 Å². The van der Waals surface area contributed by atoms with Crippen LogP contribution in [0.25, 0.3) is 0 Å². The standard InChI is InChI=1S/C23H23F3N4O/c1-15-9-17(10-16-3-5-20(6-4-16)23(24,25)26)11-21(28-15)18-7-8-30(14-18)22(31)19-12-27-29(2)13-19/h3-6,9,11-13,18H,7-8,10,14H2,1-2H3. The van der Waals surface area contributed by atoms with Crippen molar-refractivity contribution in [2.24, 2.45) is 7.05 Å². The second-order valence-corrected chi connectivity index (χ2v) is 8.05. The lowest BCUT2D eigenvalue weighted by molar-refractivity contribution is -0.137. The van der Waals surface area contributed by atoms with Crippen LogP contribution in [0.5, 0.6) is 0 Å². The maximum Gasteiger partial charge on any atom is 0.416 e. The molecule has 0 N–H and O–H groups in total. The molecule has 8 heteroatoms. The normalized spacial score (nSPS) is 16.7. The van der Waals surface area contributed by atoms with Gasteiger partial charge in [-0.1, -0.05) is 12.1 Å². The molecule has 1 aliphatic heterocycles. The molecule has 3 aromatic rings. The number of carbonyl (C=O) groups excluding carboxylic acids is 1. The molecule has 3 heterocycles. The summed E-state index contributed by atoms with van der Waals surface area (Å²) < 4.78 is 40.0. The Bertz CT molecular complexity index is 1090. The molecular weight excluding hydrogens is 405 g/mol. The molecule has 1 unspecified atom stereocenters. The first-order valence-electron chi connectivity index (χ1n) is 10.1. The molecule has 0 bridgehead atoms. The smallest absolute Gasteiger partial charge is 0.338 e. The predicted octanol–water partition coefficient (Wildman–Crippen LogP) is 4.36. The number of amides is 1. The van der Waals surface area contributed by atoms with Crippen LogP contribution in [0.3, 0.4) is 0 Å². The molecule has 5 nitrogen and oxygen atoms in total. The summed E-state index contributed by atoms with van der Waals surface area (Å²) in [6.45, 7) is 3.15. The third kappa shape index (κ3) is 4.78. The number of pyridine rings is 1. The fourth-order valence-electron chi connectivity index (χ4n) is 4.03. The van der Waals surface area contributed by atoms with Crippen LogP contribution in [0.15, 0.2) is 48.8 Å². The van der Waals surface area contributed by atoms with Crippen LogP contribution < -0.4 is 0 Å². The molecule has 2 aromatic heterocycles. The minimum Gasteiger partial charge on any atom is -0.338 e. The molecular formula is C23H23F3N4O. The molecule has 4 rings (SSSR count). The molecule has 162 valence electrons. The number of aryl methyl sites for hydroxylation is 2. The van der Waals surface area contributed by atoms with E-state index in [9.17, 15) is 18.0 Å². The summed E-state index contributed by atoms with van der Waals surface area (Å²) in [7, 11) is 1.78. The lowest BCUT2D eigenvalue weighted by Crippen LogP contribution is -2.28. The highest BCUT2D eigenvalue weighted by Gasteiger charge is 2.31. The van der Waals surface area contributed by atoms with Crippen molar-refractivity contribution >= 4 is 5.91 Å². The Balaban J connectivity index is 1.47. The average Bonchev–Trinajstić information content (AvgIpc) is 3.36. The summed E-state index contributed by atoms with van der Waals surface area (Å²) in [5.41, 5.74) is 3.51. The maximum absolute atomic E-state index is 12.8. The molecule has 1 atom stereocenters. The monoisotopic (exact) mass is 428 g/mol. The van der Waals surface area contributed by atoms with E-state index >= 15 is 0 Å². The summed E-state index contributed by atoms with van der Waals surface area (Å²) in [6.07, 6.45) is 0.299. The molecule has 1 aromatic carbocycles. The number of aromatic nitrogens is 3. The third-order valence-electron chi connectivity index (χ3n) is 5.57. The highest BCUT2D eigenvalue weighted by molar-refractivity contribution is 5.94. The van der Waals surface area contributed by atoms with E-state index in [0.29, 0.717) is 25.1 Å². The van der Waals surface area contributed by atoms with Gasteiger partial charge in [0.2, 0.25) is 0 Å². The van der Waals surface area contributed by atoms with Gasteiger partial charge in [-0.25, -0.2) is 0 Å². The number of alkyl halides is 3. The average molecular weight is 428 g/mol. The van der Waals surface area contributed by atoms with Crippen molar-refractivity contribution in [3.63, 3.8) is 0 Å². The van der Waals surface area contributed by atoms with Gasteiger partial charge in [0.1, 0.15) is 0 Å². The molecule has 1 fully saturated rings. The van der Waals surface area contributed by atoms with Crippen molar-refractivity contribution in [2.75, 3.05) is 13.1 Å². The maximum atomic E-state index is 12.8. The number of hydrogen-bond acceptors (Lipinski definition) is 3. The number of nitrogens with zero attached hydrogens (tertiary/aromatic N) is 4. The molecule has 0 spiro atoms. The van der Waals surface area contributed by atoms with Gasteiger partial charge < -0.3 is 4.90 Å². The van der Waals surface area contributed by atoms with Gasteiger partial charge in [0.15, 0.2) is 0 Å². The quantitative estimate of drug-likeness (QED) is 0.620. The minimum absolute atomic E-state index is 0.0340. The highest BCUT2D eigenvalue weighted by atomic mass is 19.4. The number of benzene rings is 1. The lowest BCUT2D eigenvalue weighted by Gasteiger charge is -2.16. The van der Waals surface area contributed by atoms with Crippen LogP contribution in [0.2, 0.25) is 0 Å². The van der Waals surface area contributed by atoms with Crippen LogP contribution in [0.4, 0.5) is 13.2 Å². The molecule has 31 heavy (non-hydrogen) atoms. The van der Waals surface area contributed by atoms with Crippen molar-refractivity contribution < 1.29 is 18.0 Å². The van der Waals surface area contributed by atoms with Crippen molar-refractivity contribution in [3.05, 3.63) is 82.4 Å². The third-order valence-corrected chi connectivity index (χ3v) is 5.57. The topological polar surface area (TPSA) is 51.0 Å². The van der Waals surface area contributed by atoms with Gasteiger partial charge in [0.25, 0.3) is 5.91 Å². The second-order valence-electron chi connectivity index (χ2n) is 8.05. The molecule has 1 aliphatic rings. The Morgan fingerprint density at radius 2 is 1.90 bits per heavy atom. The summed E-state index contributed by atoms with van der Waals surface area (Å²) in [6, 6.07) is 9.22. The Morgan fingerprint density at radius 1 is 1.16 bits per heavy atom. The van der Waals surface area contributed by atoms with E-state index in [1.54, 1.807) is 24.1 Å². The number of halogens is 3. The van der Waals surface area contributed by atoms with Crippen LogP contribution in [-0.4, -0.2) is 38.7 Å². The minimum atomic E-state index is -4.33. The first-order valence-corrected chi connectivity index (χ1v) is 10.1. The van der Waals surface area contributed by atoms with Crippen molar-refractivity contribution in [3.8, 4) is 0 Å². The van der Waals surface area contributed by atoms with E-state index in [2.05, 4.69) is 10.1 Å². The van der Waals surface area contributed by atoms with Crippen molar-refractivity contribution in [2.45, 2.75) is 31.9 Å². The number of hydrogen-bond donors (Lipinski definition) is 0. The zero-order chi connectivity index (χ0) is 22.2. The van der Waals surface area contributed by atoms with E-state index < -0.39 is 11.7 Å². The summed E-state index contributed by atoms with van der Waals surface area (Å²) >= 11 is 0. The van der Waals surface area contributed by atoms with Gasteiger partial charge in [-0.05, 0) is 55.2 Å². The second kappa shape index (κ2) is 8.17. The molecule has 0 radical (unpaired) electrons. The molecule has 0 saturated carbocycles. The number of carbonyl (C=O) groups is 1. The molecule has 1 saturated heterocycles. The zero-order valence-electron chi connectivity index (χ0n) is 17.4. The number of likely N-dealkylation sites (tertiary alicyclic amines) is 1. The highest BCUT2D eigenvalue weighted by Crippen LogP contribution is 2.30. The van der Waals surface area contributed by atoms with E-state index in [1.807, 2.05) is 24.0 Å². The zero-order valence-corrected chi connectivity index (χ0v) is 17.4. The van der Waals surface area contributed by atoms with E-state index in [-0.39, 0.29) is 11.8 Å². The van der Waals surface area contributed by atoms with Crippen molar-refractivity contribution in [1.82, 2.24) is 19.7 Å². The first kappa shape index (κ1) is 21.1. The van der Waals surface area contributed by atoms with Crippen molar-refractivity contribution in [1.29, 1.82) is 0 Å². The summed E-state index contributed by atoms with van der Waals surface area (Å²) in [5.74, 6) is 0.0973. The van der Waals surface area contributed by atoms with Gasteiger partial charge in [-0.3, -0.25) is 14.5 Å². The first-order chi connectivity index (χ1) is 14.7. The van der Waals surface area contributed by atoms with Gasteiger partial charge in [-0.15, -0.1) is 0 Å². The SMILES string of the molecule is Cc1cc(Cc2ccc(C(F)(F)F)cc2)cc(C2CCN(C(=O)c3cnn(C)c3)C2)n1. The van der Waals surface area contributed by atoms with E-state index in [0.717, 1.165) is 41.1 Å². The summed E-state index contributed by atoms with van der Waals surface area (Å²) in [4.78, 5) is 19.2. The Hall–Kier alpha value is -3.16. The van der Waals surface area contributed by atoms with Gasteiger partial charge in [0.05, 0.1) is 17.3 Å². The van der Waals surface area contributed by atoms with Gasteiger partial charge >= 0.3 is 6.18 Å². The molecule has 1 amide bonds. The Morgan fingerprint density at radius 3 is 2.55 bits per heavy atom. The lowest BCUT2D eigenvalue weighted by atomic mass is 9.98. The largest absolute Gasteiger partial charge is 0.416 e. The van der Waals surface area contributed by atoms with E-state index in [1.165, 1.54) is 12.1 Å². The van der Waals surface area contributed by atoms with E-state index in [4.69, 9.17) is 0 Å². The molecule has 0 aliphatic carbocycles. The van der Waals surface area contributed by atoms with Crippen LogP contribution in [0, 0.1) is 6.92 Å². The predicted molar refractivity (Wildman–Crippen MR) is 110 cm³/mol. The Kier molecular flexibility index (Phi) is 5.56.